The number of nitrogens with zero attached hydrogens (tertiary/aromatic N) is 2. The molecule has 6 heteroatoms. The third-order valence-corrected chi connectivity index (χ3v) is 7.59. The number of thiophene rings is 1. The number of hydrogen-bond donors (Lipinski definition) is 1. The molecular formula is C25H33N3O2S. The van der Waals surface area contributed by atoms with Crippen LogP contribution in [-0.2, 0) is 16.0 Å². The summed E-state index contributed by atoms with van der Waals surface area (Å²) in [5, 5.41) is 5.35. The number of hydrogen-bond acceptors (Lipinski definition) is 4. The van der Waals surface area contributed by atoms with Crippen molar-refractivity contribution in [3.8, 4) is 0 Å². The number of nitrogens with one attached hydrogen (secondary N) is 1. The van der Waals surface area contributed by atoms with Gasteiger partial charge in [0.2, 0.25) is 11.8 Å². The number of carbonyl (C=O) groups excluding carboxylic acids is 2. The van der Waals surface area contributed by atoms with E-state index in [1.165, 1.54) is 23.3 Å². The number of piperidine rings is 1. The lowest BCUT2D eigenvalue weighted by Crippen LogP contribution is -2.44. The highest BCUT2D eigenvalue weighted by molar-refractivity contribution is 7.10. The summed E-state index contributed by atoms with van der Waals surface area (Å²) in [6.07, 6.45) is 5.33. The number of benzene rings is 1. The van der Waals surface area contributed by atoms with E-state index < -0.39 is 0 Å². The molecule has 2 aliphatic rings. The van der Waals surface area contributed by atoms with Crippen LogP contribution in [0.4, 0.5) is 0 Å². The molecule has 2 aliphatic heterocycles. The lowest BCUT2D eigenvalue weighted by molar-refractivity contribution is -0.135. The number of amides is 2. The fraction of sp³-hybridized carbons (Fsp3) is 0.520. The molecule has 166 valence electrons. The molecule has 1 aromatic carbocycles. The zero-order chi connectivity index (χ0) is 21.5. The monoisotopic (exact) mass is 439 g/mol. The van der Waals surface area contributed by atoms with E-state index in [1.54, 1.807) is 11.3 Å². The Bertz CT molecular complexity index is 826. The summed E-state index contributed by atoms with van der Waals surface area (Å²) in [4.78, 5) is 31.2. The Labute approximate surface area is 189 Å². The van der Waals surface area contributed by atoms with E-state index in [9.17, 15) is 9.59 Å². The molecule has 31 heavy (non-hydrogen) atoms. The molecule has 0 aliphatic carbocycles. The quantitative estimate of drug-likeness (QED) is 0.679. The highest BCUT2D eigenvalue weighted by Gasteiger charge is 2.29. The van der Waals surface area contributed by atoms with Gasteiger partial charge in [-0.05, 0) is 62.2 Å². The van der Waals surface area contributed by atoms with Crippen LogP contribution in [0.2, 0.25) is 0 Å². The first-order valence-electron chi connectivity index (χ1n) is 11.6. The first-order valence-corrected chi connectivity index (χ1v) is 12.5. The van der Waals surface area contributed by atoms with E-state index in [4.69, 9.17) is 0 Å². The summed E-state index contributed by atoms with van der Waals surface area (Å²) in [5.41, 5.74) is 1.20. The third-order valence-electron chi connectivity index (χ3n) is 6.61. The molecule has 1 unspecified atom stereocenters. The topological polar surface area (TPSA) is 52.7 Å². The second-order valence-electron chi connectivity index (χ2n) is 8.66. The third kappa shape index (κ3) is 5.95. The highest BCUT2D eigenvalue weighted by Crippen LogP contribution is 2.28. The number of carbonyl (C=O) groups is 2. The van der Waals surface area contributed by atoms with Crippen molar-refractivity contribution in [3.63, 3.8) is 0 Å². The van der Waals surface area contributed by atoms with Gasteiger partial charge in [0.25, 0.3) is 0 Å². The first-order chi connectivity index (χ1) is 15.2. The lowest BCUT2D eigenvalue weighted by atomic mass is 9.95. The van der Waals surface area contributed by atoms with E-state index in [2.05, 4.69) is 39.9 Å². The molecule has 2 amide bonds. The van der Waals surface area contributed by atoms with Gasteiger partial charge in [0.15, 0.2) is 0 Å². The van der Waals surface area contributed by atoms with Crippen LogP contribution in [0.15, 0.2) is 47.8 Å². The van der Waals surface area contributed by atoms with Crippen LogP contribution < -0.4 is 5.32 Å². The van der Waals surface area contributed by atoms with Gasteiger partial charge in [-0.15, -0.1) is 11.3 Å². The molecule has 4 rings (SSSR count). The molecule has 3 heterocycles. The normalized spacial score (nSPS) is 18.8. The van der Waals surface area contributed by atoms with E-state index in [0.717, 1.165) is 32.4 Å². The van der Waals surface area contributed by atoms with Crippen LogP contribution in [0.3, 0.4) is 0 Å². The van der Waals surface area contributed by atoms with E-state index in [1.807, 2.05) is 23.1 Å². The molecule has 5 nitrogen and oxygen atoms in total. The van der Waals surface area contributed by atoms with Crippen molar-refractivity contribution in [2.75, 3.05) is 32.7 Å². The predicted octanol–water partition coefficient (Wildman–Crippen LogP) is 3.87. The maximum absolute atomic E-state index is 12.8. The van der Waals surface area contributed by atoms with Crippen LogP contribution in [0.1, 0.15) is 48.6 Å². The van der Waals surface area contributed by atoms with E-state index in [-0.39, 0.29) is 23.8 Å². The molecule has 0 bridgehead atoms. The molecule has 2 aromatic rings. The molecule has 2 fully saturated rings. The molecule has 0 radical (unpaired) electrons. The minimum atomic E-state index is 0.0146. The van der Waals surface area contributed by atoms with Gasteiger partial charge >= 0.3 is 0 Å². The number of rotatable bonds is 8. The van der Waals surface area contributed by atoms with Crippen LogP contribution in [0.25, 0.3) is 0 Å². The van der Waals surface area contributed by atoms with Gasteiger partial charge < -0.3 is 10.2 Å². The van der Waals surface area contributed by atoms with Crippen molar-refractivity contribution < 1.29 is 9.59 Å². The fourth-order valence-corrected chi connectivity index (χ4v) is 5.59. The fourth-order valence-electron chi connectivity index (χ4n) is 4.73. The van der Waals surface area contributed by atoms with Crippen molar-refractivity contribution >= 4 is 23.2 Å². The summed E-state index contributed by atoms with van der Waals surface area (Å²) in [6, 6.07) is 14.7. The Hall–Kier alpha value is -2.18. The van der Waals surface area contributed by atoms with E-state index in [0.29, 0.717) is 26.1 Å². The second kappa shape index (κ2) is 10.9. The Morgan fingerprint density at radius 2 is 1.74 bits per heavy atom. The van der Waals surface area contributed by atoms with Crippen molar-refractivity contribution in [1.29, 1.82) is 0 Å². The summed E-state index contributed by atoms with van der Waals surface area (Å²) in [7, 11) is 0. The zero-order valence-corrected chi connectivity index (χ0v) is 19.0. The molecule has 1 N–H and O–H groups in total. The molecule has 0 spiro atoms. The maximum Gasteiger partial charge on any atom is 0.223 e. The Morgan fingerprint density at radius 3 is 2.42 bits per heavy atom. The van der Waals surface area contributed by atoms with Gasteiger partial charge in [-0.25, -0.2) is 0 Å². The zero-order valence-electron chi connectivity index (χ0n) is 18.2. The van der Waals surface area contributed by atoms with Crippen molar-refractivity contribution in [2.45, 2.75) is 44.6 Å². The summed E-state index contributed by atoms with van der Waals surface area (Å²) < 4.78 is 0. The Morgan fingerprint density at radius 1 is 1.00 bits per heavy atom. The van der Waals surface area contributed by atoms with Crippen LogP contribution in [0.5, 0.6) is 0 Å². The molecule has 1 atom stereocenters. The summed E-state index contributed by atoms with van der Waals surface area (Å²) in [6.45, 7) is 4.28. The minimum absolute atomic E-state index is 0.0146. The standard InChI is InChI=1S/C25H33N3O2S/c29-24(11-10-20-7-2-1-3-8-20)28-16-12-21(13-17-28)25(30)26-19-22(23-9-6-18-31-23)27-14-4-5-15-27/h1-3,6-9,18,21-22H,4-5,10-17,19H2,(H,26,30). The Balaban J connectivity index is 1.22. The van der Waals surface area contributed by atoms with Crippen molar-refractivity contribution in [1.82, 2.24) is 15.1 Å². The van der Waals surface area contributed by atoms with Gasteiger partial charge in [0, 0.05) is 36.9 Å². The summed E-state index contributed by atoms with van der Waals surface area (Å²) >= 11 is 1.77. The van der Waals surface area contributed by atoms with Crippen molar-refractivity contribution in [3.05, 3.63) is 58.3 Å². The highest BCUT2D eigenvalue weighted by atomic mass is 32.1. The number of aryl methyl sites for hydroxylation is 1. The SMILES string of the molecule is O=C(NCC(c1cccs1)N1CCCC1)C1CCN(C(=O)CCc2ccccc2)CC1. The van der Waals surface area contributed by atoms with Crippen LogP contribution >= 0.6 is 11.3 Å². The van der Waals surface area contributed by atoms with Gasteiger partial charge in [0.05, 0.1) is 6.04 Å². The summed E-state index contributed by atoms with van der Waals surface area (Å²) in [5.74, 6) is 0.368. The Kier molecular flexibility index (Phi) is 7.76. The van der Waals surface area contributed by atoms with Gasteiger partial charge in [-0.3, -0.25) is 14.5 Å². The average molecular weight is 440 g/mol. The second-order valence-corrected chi connectivity index (χ2v) is 9.64. The number of likely N-dealkylation sites (tertiary alicyclic amines) is 2. The van der Waals surface area contributed by atoms with Gasteiger partial charge in [-0.2, -0.15) is 0 Å². The van der Waals surface area contributed by atoms with Crippen LogP contribution in [-0.4, -0.2) is 54.3 Å². The molecular weight excluding hydrogens is 406 g/mol. The smallest absolute Gasteiger partial charge is 0.223 e. The molecule has 2 saturated heterocycles. The molecule has 1 aromatic heterocycles. The maximum atomic E-state index is 12.8. The van der Waals surface area contributed by atoms with Crippen molar-refractivity contribution in [2.24, 2.45) is 5.92 Å². The minimum Gasteiger partial charge on any atom is -0.354 e. The predicted molar refractivity (Wildman–Crippen MR) is 125 cm³/mol. The van der Waals surface area contributed by atoms with Crippen LogP contribution in [0, 0.1) is 5.92 Å². The van der Waals surface area contributed by atoms with Gasteiger partial charge in [0.1, 0.15) is 0 Å². The molecule has 0 saturated carbocycles. The lowest BCUT2D eigenvalue weighted by Gasteiger charge is -2.32. The average Bonchev–Trinajstić information content (AvgIpc) is 3.53. The first kappa shape index (κ1) is 22.0. The largest absolute Gasteiger partial charge is 0.354 e. The van der Waals surface area contributed by atoms with E-state index >= 15 is 0 Å². The van der Waals surface area contributed by atoms with Gasteiger partial charge in [-0.1, -0.05) is 36.4 Å².